The van der Waals surface area contributed by atoms with Gasteiger partial charge in [-0.2, -0.15) is 0 Å². The van der Waals surface area contributed by atoms with E-state index in [0.29, 0.717) is 35.7 Å². The Hall–Kier alpha value is -2.86. The maximum absolute atomic E-state index is 13.1. The number of nitrogens with one attached hydrogen (secondary N) is 1. The van der Waals surface area contributed by atoms with Gasteiger partial charge in [0.1, 0.15) is 5.75 Å². The summed E-state index contributed by atoms with van der Waals surface area (Å²) in [7, 11) is 0. The molecule has 1 heterocycles. The van der Waals surface area contributed by atoms with Crippen LogP contribution in [-0.2, 0) is 9.53 Å². The molecule has 36 heavy (non-hydrogen) atoms. The summed E-state index contributed by atoms with van der Waals surface area (Å²) in [5.74, 6) is 0.0286. The van der Waals surface area contributed by atoms with Crippen LogP contribution in [0.5, 0.6) is 5.75 Å². The van der Waals surface area contributed by atoms with Crippen molar-refractivity contribution >= 4 is 17.6 Å². The normalized spacial score (nSPS) is 24.9. The first kappa shape index (κ1) is 26.2. The average molecular weight is 493 g/mol. The molecule has 1 aliphatic carbocycles. The van der Waals surface area contributed by atoms with Gasteiger partial charge in [-0.25, -0.2) is 4.79 Å². The number of carbonyl (C=O) groups excluding carboxylic acids is 2. The molecule has 1 spiro atoms. The van der Waals surface area contributed by atoms with Crippen LogP contribution in [0.2, 0.25) is 0 Å². The highest BCUT2D eigenvalue weighted by Gasteiger charge is 2.52. The number of phenolic OH excluding ortho intramolecular Hbond substituents is 1. The molecule has 2 N–H and O–H groups in total. The third kappa shape index (κ3) is 5.75. The molecule has 4 rings (SSSR count). The second-order valence-electron chi connectivity index (χ2n) is 10.7. The molecule has 3 atom stereocenters. The quantitative estimate of drug-likeness (QED) is 0.461. The summed E-state index contributed by atoms with van der Waals surface area (Å²) in [6, 6.07) is 15.5. The Morgan fingerprint density at radius 2 is 1.69 bits per heavy atom. The van der Waals surface area contributed by atoms with Crippen molar-refractivity contribution in [3.63, 3.8) is 0 Å². The molecule has 6 nitrogen and oxygen atoms in total. The Morgan fingerprint density at radius 1 is 1.03 bits per heavy atom. The van der Waals surface area contributed by atoms with Gasteiger partial charge in [-0.15, -0.1) is 0 Å². The first-order chi connectivity index (χ1) is 17.3. The van der Waals surface area contributed by atoms with Gasteiger partial charge < -0.3 is 15.2 Å². The largest absolute Gasteiger partial charge is 0.508 e. The SMILES string of the molecule is CCOC(=O)c1ccc(NC(=O)C2CCCCC3(CCC2)CN(C(C)C)C3c2ccc(O)cc2)cc1. The van der Waals surface area contributed by atoms with Gasteiger partial charge in [0.2, 0.25) is 5.91 Å². The fraction of sp³-hybridized carbons (Fsp3) is 0.533. The first-order valence-electron chi connectivity index (χ1n) is 13.5. The number of likely N-dealkylation sites (tertiary alicyclic amines) is 1. The summed E-state index contributed by atoms with van der Waals surface area (Å²) in [5, 5.41) is 12.9. The lowest BCUT2D eigenvalue weighted by molar-refractivity contribution is -0.120. The van der Waals surface area contributed by atoms with E-state index >= 15 is 0 Å². The number of hydrogen-bond acceptors (Lipinski definition) is 5. The molecule has 194 valence electrons. The number of ether oxygens (including phenoxy) is 1. The van der Waals surface area contributed by atoms with Crippen LogP contribution < -0.4 is 5.32 Å². The van der Waals surface area contributed by atoms with Crippen LogP contribution in [0.4, 0.5) is 5.69 Å². The van der Waals surface area contributed by atoms with Crippen LogP contribution >= 0.6 is 0 Å². The predicted molar refractivity (Wildman–Crippen MR) is 142 cm³/mol. The molecule has 1 aliphatic heterocycles. The van der Waals surface area contributed by atoms with Crippen LogP contribution in [0.15, 0.2) is 48.5 Å². The zero-order chi connectivity index (χ0) is 25.7. The van der Waals surface area contributed by atoms with E-state index in [4.69, 9.17) is 4.74 Å². The van der Waals surface area contributed by atoms with Crippen molar-refractivity contribution in [2.24, 2.45) is 11.3 Å². The number of aromatic hydroxyl groups is 1. The molecule has 6 heteroatoms. The minimum Gasteiger partial charge on any atom is -0.508 e. The van der Waals surface area contributed by atoms with E-state index in [1.807, 2.05) is 0 Å². The lowest BCUT2D eigenvalue weighted by Crippen LogP contribution is -2.60. The van der Waals surface area contributed by atoms with E-state index in [1.54, 1.807) is 43.3 Å². The van der Waals surface area contributed by atoms with Crippen molar-refractivity contribution in [1.29, 1.82) is 0 Å². The van der Waals surface area contributed by atoms with Crippen LogP contribution in [0.25, 0.3) is 0 Å². The third-order valence-electron chi connectivity index (χ3n) is 8.02. The van der Waals surface area contributed by atoms with Crippen molar-refractivity contribution in [3.05, 3.63) is 59.7 Å². The van der Waals surface area contributed by atoms with Gasteiger partial charge in [0.15, 0.2) is 0 Å². The molecule has 2 fully saturated rings. The van der Waals surface area contributed by atoms with Crippen LogP contribution in [0.3, 0.4) is 0 Å². The lowest BCUT2D eigenvalue weighted by atomic mass is 9.63. The summed E-state index contributed by atoms with van der Waals surface area (Å²) >= 11 is 0. The van der Waals surface area contributed by atoms with Gasteiger partial charge in [0.05, 0.1) is 12.2 Å². The predicted octanol–water partition coefficient (Wildman–Crippen LogP) is 6.32. The summed E-state index contributed by atoms with van der Waals surface area (Å²) in [4.78, 5) is 27.6. The highest BCUT2D eigenvalue weighted by atomic mass is 16.5. The van der Waals surface area contributed by atoms with Crippen molar-refractivity contribution in [1.82, 2.24) is 4.90 Å². The monoisotopic (exact) mass is 492 g/mol. The molecule has 0 radical (unpaired) electrons. The molecule has 3 unspecified atom stereocenters. The maximum Gasteiger partial charge on any atom is 0.338 e. The highest BCUT2D eigenvalue weighted by molar-refractivity contribution is 5.94. The molecule has 0 bridgehead atoms. The molecule has 2 aliphatic rings. The molecular formula is C30H40N2O4. The fourth-order valence-corrected chi connectivity index (χ4v) is 6.14. The number of amides is 1. The highest BCUT2D eigenvalue weighted by Crippen LogP contribution is 2.56. The van der Waals surface area contributed by atoms with Gasteiger partial charge in [-0.1, -0.05) is 31.4 Å². The topological polar surface area (TPSA) is 78.9 Å². The Labute approximate surface area is 215 Å². The molecule has 2 aromatic rings. The number of hydrogen-bond donors (Lipinski definition) is 2. The van der Waals surface area contributed by atoms with Crippen molar-refractivity contribution in [2.75, 3.05) is 18.5 Å². The molecule has 2 aromatic carbocycles. The van der Waals surface area contributed by atoms with Gasteiger partial charge >= 0.3 is 5.97 Å². The smallest absolute Gasteiger partial charge is 0.338 e. The number of phenols is 1. The van der Waals surface area contributed by atoms with Crippen LogP contribution in [0.1, 0.15) is 87.7 Å². The number of esters is 1. The number of nitrogens with zero attached hydrogens (tertiary/aromatic N) is 1. The minimum absolute atomic E-state index is 0.00159. The van der Waals surface area contributed by atoms with Gasteiger partial charge in [-0.05, 0) is 88.4 Å². The zero-order valence-electron chi connectivity index (χ0n) is 21.8. The molecule has 0 aromatic heterocycles. The average Bonchev–Trinajstić information content (AvgIpc) is 2.96. The second kappa shape index (κ2) is 11.5. The Bertz CT molecular complexity index is 1030. The molecule has 1 saturated heterocycles. The zero-order valence-corrected chi connectivity index (χ0v) is 21.8. The first-order valence-corrected chi connectivity index (χ1v) is 13.5. The number of carbonyl (C=O) groups is 2. The Morgan fingerprint density at radius 3 is 2.36 bits per heavy atom. The van der Waals surface area contributed by atoms with Gasteiger partial charge in [-0.3, -0.25) is 9.69 Å². The van der Waals surface area contributed by atoms with Crippen LogP contribution in [0, 0.1) is 11.3 Å². The standard InChI is InChI=1S/C30H40N2O4/c1-4-36-29(35)24-10-14-25(15-11-24)31-28(34)23-8-5-6-18-30(19-7-9-23)20-32(21(2)3)27(30)22-12-16-26(33)17-13-22/h10-17,21,23,27,33H,4-9,18-20H2,1-3H3,(H,31,34). The van der Waals surface area contributed by atoms with Gasteiger partial charge in [0, 0.05) is 35.6 Å². The Kier molecular flexibility index (Phi) is 8.35. The molecule has 1 amide bonds. The second-order valence-corrected chi connectivity index (χ2v) is 10.7. The molecule has 1 saturated carbocycles. The number of anilines is 1. The van der Waals surface area contributed by atoms with Crippen molar-refractivity contribution < 1.29 is 19.4 Å². The van der Waals surface area contributed by atoms with Crippen molar-refractivity contribution in [3.8, 4) is 5.75 Å². The number of rotatable bonds is 6. The molecular weight excluding hydrogens is 452 g/mol. The third-order valence-corrected chi connectivity index (χ3v) is 8.02. The van der Waals surface area contributed by atoms with E-state index in [1.165, 1.54) is 12.0 Å². The van der Waals surface area contributed by atoms with E-state index in [-0.39, 0.29) is 23.2 Å². The maximum atomic E-state index is 13.1. The van der Waals surface area contributed by atoms with E-state index in [2.05, 4.69) is 36.2 Å². The van der Waals surface area contributed by atoms with E-state index in [9.17, 15) is 14.7 Å². The lowest BCUT2D eigenvalue weighted by Gasteiger charge is -2.60. The van der Waals surface area contributed by atoms with E-state index < -0.39 is 0 Å². The van der Waals surface area contributed by atoms with E-state index in [0.717, 1.165) is 45.1 Å². The fourth-order valence-electron chi connectivity index (χ4n) is 6.14. The summed E-state index contributed by atoms with van der Waals surface area (Å²) in [6.45, 7) is 7.74. The summed E-state index contributed by atoms with van der Waals surface area (Å²) < 4.78 is 5.03. The summed E-state index contributed by atoms with van der Waals surface area (Å²) in [5.41, 5.74) is 2.72. The Balaban J connectivity index is 1.40. The minimum atomic E-state index is -0.349. The van der Waals surface area contributed by atoms with Gasteiger partial charge in [0.25, 0.3) is 0 Å². The van der Waals surface area contributed by atoms with Crippen molar-refractivity contribution in [2.45, 2.75) is 77.8 Å². The van der Waals surface area contributed by atoms with Crippen LogP contribution in [-0.4, -0.2) is 41.1 Å². The number of benzene rings is 2. The summed E-state index contributed by atoms with van der Waals surface area (Å²) in [6.07, 6.45) is 7.27.